The van der Waals surface area contributed by atoms with Gasteiger partial charge in [0.2, 0.25) is 0 Å². The third-order valence-corrected chi connectivity index (χ3v) is 3.18. The van der Waals surface area contributed by atoms with Crippen molar-refractivity contribution in [3.63, 3.8) is 0 Å². The molecule has 1 aromatic heterocycles. The third-order valence-electron chi connectivity index (χ3n) is 1.84. The van der Waals surface area contributed by atoms with Crippen LogP contribution in [0.5, 0.6) is 0 Å². The first-order chi connectivity index (χ1) is 7.82. The molecule has 0 aliphatic rings. The summed E-state index contributed by atoms with van der Waals surface area (Å²) in [6, 6.07) is 1.92. The topological polar surface area (TPSA) is 50.9 Å². The Morgan fingerprint density at radius 2 is 2.06 bits per heavy atom. The number of thioether (sulfide) groups is 1. The van der Waals surface area contributed by atoms with Crippen molar-refractivity contribution >= 4 is 17.6 Å². The fourth-order valence-corrected chi connectivity index (χ4v) is 1.95. The zero-order valence-electron chi connectivity index (χ0n) is 9.51. The van der Waals surface area contributed by atoms with Crippen LogP contribution in [0, 0.1) is 5.92 Å². The molecule has 7 heteroatoms. The largest absolute Gasteiger partial charge is 0.416 e. The van der Waals surface area contributed by atoms with Crippen LogP contribution in [0.1, 0.15) is 19.4 Å². The lowest BCUT2D eigenvalue weighted by atomic mass is 10.2. The maximum absolute atomic E-state index is 12.6. The van der Waals surface area contributed by atoms with Crippen LogP contribution >= 0.6 is 11.8 Å². The maximum Gasteiger partial charge on any atom is 0.416 e. The van der Waals surface area contributed by atoms with Crippen molar-refractivity contribution in [2.24, 2.45) is 11.8 Å². The number of halogens is 3. The molecular weight excluding hydrogens is 251 g/mol. The van der Waals surface area contributed by atoms with E-state index in [4.69, 9.17) is 5.84 Å². The summed E-state index contributed by atoms with van der Waals surface area (Å²) < 4.78 is 37.7. The predicted octanol–water partition coefficient (Wildman–Crippen LogP) is 3.13. The fourth-order valence-electron chi connectivity index (χ4n) is 1.07. The molecule has 0 saturated heterocycles. The van der Waals surface area contributed by atoms with Gasteiger partial charge < -0.3 is 5.43 Å². The van der Waals surface area contributed by atoms with Gasteiger partial charge >= 0.3 is 6.18 Å². The number of pyridine rings is 1. The number of hydrogen-bond donors (Lipinski definition) is 2. The fraction of sp³-hybridized carbons (Fsp3) is 0.500. The molecule has 0 aromatic carbocycles. The Labute approximate surface area is 102 Å². The maximum atomic E-state index is 12.6. The van der Waals surface area contributed by atoms with Crippen molar-refractivity contribution in [3.05, 3.63) is 17.7 Å². The van der Waals surface area contributed by atoms with E-state index in [0.29, 0.717) is 16.7 Å². The molecule has 0 saturated carbocycles. The SMILES string of the molecule is CC(C)CSc1cc(C(F)(F)F)cc(NN)n1. The summed E-state index contributed by atoms with van der Waals surface area (Å²) in [5.41, 5.74) is 1.40. The average Bonchev–Trinajstić information content (AvgIpc) is 2.24. The summed E-state index contributed by atoms with van der Waals surface area (Å²) in [4.78, 5) is 3.96. The number of nitrogens with zero attached hydrogens (tertiary/aromatic N) is 1. The first kappa shape index (κ1) is 14.1. The molecule has 1 rings (SSSR count). The van der Waals surface area contributed by atoms with Gasteiger partial charge in [0.25, 0.3) is 0 Å². The zero-order valence-corrected chi connectivity index (χ0v) is 10.3. The number of anilines is 1. The number of aromatic nitrogens is 1. The minimum Gasteiger partial charge on any atom is -0.308 e. The van der Waals surface area contributed by atoms with Crippen molar-refractivity contribution in [2.45, 2.75) is 25.0 Å². The second-order valence-corrected chi connectivity index (χ2v) is 4.97. The van der Waals surface area contributed by atoms with E-state index in [2.05, 4.69) is 10.4 Å². The summed E-state index contributed by atoms with van der Waals surface area (Å²) >= 11 is 1.28. The lowest BCUT2D eigenvalue weighted by molar-refractivity contribution is -0.137. The standard InChI is InChI=1S/C10H14F3N3S/c1-6(2)5-17-9-4-7(10(11,12)13)3-8(15-9)16-14/h3-4,6H,5,14H2,1-2H3,(H,15,16). The van der Waals surface area contributed by atoms with Gasteiger partial charge in [0.1, 0.15) is 5.82 Å². The van der Waals surface area contributed by atoms with Gasteiger partial charge in [-0.2, -0.15) is 13.2 Å². The van der Waals surface area contributed by atoms with E-state index in [9.17, 15) is 13.2 Å². The molecule has 96 valence electrons. The molecule has 0 unspecified atom stereocenters. The molecule has 0 bridgehead atoms. The van der Waals surface area contributed by atoms with Gasteiger partial charge in [0.05, 0.1) is 10.6 Å². The lowest BCUT2D eigenvalue weighted by Gasteiger charge is -2.11. The number of alkyl halides is 3. The highest BCUT2D eigenvalue weighted by Gasteiger charge is 2.31. The molecule has 3 N–H and O–H groups in total. The Morgan fingerprint density at radius 1 is 1.41 bits per heavy atom. The minimum absolute atomic E-state index is 0.0195. The monoisotopic (exact) mass is 265 g/mol. The van der Waals surface area contributed by atoms with Gasteiger partial charge in [-0.25, -0.2) is 10.8 Å². The number of nitrogens with two attached hydrogens (primary N) is 1. The Balaban J connectivity index is 2.97. The van der Waals surface area contributed by atoms with Gasteiger partial charge in [0.15, 0.2) is 0 Å². The Hall–Kier alpha value is -0.950. The Morgan fingerprint density at radius 3 is 2.53 bits per heavy atom. The number of hydrogen-bond acceptors (Lipinski definition) is 4. The van der Waals surface area contributed by atoms with Gasteiger partial charge in [0, 0.05) is 5.75 Å². The average molecular weight is 265 g/mol. The molecular formula is C10H14F3N3S. The minimum atomic E-state index is -4.39. The summed E-state index contributed by atoms with van der Waals surface area (Å²) in [6.45, 7) is 3.98. The third kappa shape index (κ3) is 4.43. The Bertz CT molecular complexity index is 380. The van der Waals surface area contributed by atoms with E-state index < -0.39 is 11.7 Å². The van der Waals surface area contributed by atoms with Gasteiger partial charge in [-0.05, 0) is 18.1 Å². The molecule has 0 aliphatic heterocycles. The van der Waals surface area contributed by atoms with Crippen molar-refractivity contribution in [2.75, 3.05) is 11.2 Å². The van der Waals surface area contributed by atoms with Crippen LogP contribution < -0.4 is 11.3 Å². The summed E-state index contributed by atoms with van der Waals surface area (Å²) in [5.74, 6) is 6.20. The van der Waals surface area contributed by atoms with Crippen molar-refractivity contribution in [1.82, 2.24) is 4.98 Å². The quantitative estimate of drug-likeness (QED) is 0.499. The van der Waals surface area contributed by atoms with E-state index in [1.54, 1.807) is 0 Å². The van der Waals surface area contributed by atoms with Crippen LogP contribution in [0.25, 0.3) is 0 Å². The first-order valence-corrected chi connectivity index (χ1v) is 6.00. The molecule has 17 heavy (non-hydrogen) atoms. The molecule has 0 aliphatic carbocycles. The molecule has 3 nitrogen and oxygen atoms in total. The second-order valence-electron chi connectivity index (χ2n) is 3.93. The molecule has 1 heterocycles. The number of nitrogen functional groups attached to an aromatic ring is 1. The number of rotatable bonds is 4. The van der Waals surface area contributed by atoms with E-state index in [0.717, 1.165) is 12.1 Å². The first-order valence-electron chi connectivity index (χ1n) is 5.01. The highest BCUT2D eigenvalue weighted by molar-refractivity contribution is 7.99. The number of hydrazine groups is 1. The predicted molar refractivity (Wildman–Crippen MR) is 62.6 cm³/mol. The van der Waals surface area contributed by atoms with Crippen LogP contribution in [-0.4, -0.2) is 10.7 Å². The second kappa shape index (κ2) is 5.59. The summed E-state index contributed by atoms with van der Waals surface area (Å²) in [7, 11) is 0. The molecule has 0 amide bonds. The van der Waals surface area contributed by atoms with Crippen molar-refractivity contribution in [3.8, 4) is 0 Å². The van der Waals surface area contributed by atoms with Crippen LogP contribution in [0.2, 0.25) is 0 Å². The van der Waals surface area contributed by atoms with E-state index >= 15 is 0 Å². The van der Waals surface area contributed by atoms with E-state index in [1.165, 1.54) is 11.8 Å². The zero-order chi connectivity index (χ0) is 13.1. The number of nitrogens with one attached hydrogen (secondary N) is 1. The smallest absolute Gasteiger partial charge is 0.308 e. The Kier molecular flexibility index (Phi) is 4.64. The van der Waals surface area contributed by atoms with Crippen molar-refractivity contribution < 1.29 is 13.2 Å². The summed E-state index contributed by atoms with van der Waals surface area (Å²) in [6.07, 6.45) is -4.39. The molecule has 0 radical (unpaired) electrons. The highest BCUT2D eigenvalue weighted by atomic mass is 32.2. The van der Waals surface area contributed by atoms with Crippen LogP contribution in [0.3, 0.4) is 0 Å². The van der Waals surface area contributed by atoms with E-state index in [-0.39, 0.29) is 5.82 Å². The van der Waals surface area contributed by atoms with E-state index in [1.807, 2.05) is 13.8 Å². The molecule has 0 fully saturated rings. The van der Waals surface area contributed by atoms with Gasteiger partial charge in [-0.3, -0.25) is 0 Å². The van der Waals surface area contributed by atoms with Crippen LogP contribution in [-0.2, 0) is 6.18 Å². The molecule has 0 spiro atoms. The summed E-state index contributed by atoms with van der Waals surface area (Å²) in [5, 5.41) is 0.321. The van der Waals surface area contributed by atoms with Gasteiger partial charge in [-0.1, -0.05) is 13.8 Å². The highest BCUT2D eigenvalue weighted by Crippen LogP contribution is 2.33. The molecule has 0 atom stereocenters. The normalized spacial score (nSPS) is 11.9. The van der Waals surface area contributed by atoms with Crippen LogP contribution in [0.4, 0.5) is 19.0 Å². The lowest BCUT2D eigenvalue weighted by Crippen LogP contribution is -2.12. The van der Waals surface area contributed by atoms with Crippen LogP contribution in [0.15, 0.2) is 17.2 Å². The van der Waals surface area contributed by atoms with Crippen molar-refractivity contribution in [1.29, 1.82) is 0 Å². The molecule has 1 aromatic rings. The van der Waals surface area contributed by atoms with Gasteiger partial charge in [-0.15, -0.1) is 11.8 Å².